The molecule has 0 aliphatic rings. The monoisotopic (exact) mass is 362 g/mol. The summed E-state index contributed by atoms with van der Waals surface area (Å²) >= 11 is 0. The Labute approximate surface area is 161 Å². The van der Waals surface area contributed by atoms with E-state index in [1.54, 1.807) is 18.3 Å². The molecule has 4 nitrogen and oxygen atoms in total. The first kappa shape index (κ1) is 15.3. The molecule has 6 aromatic rings. The van der Waals surface area contributed by atoms with Crippen molar-refractivity contribution >= 4 is 57.1 Å². The summed E-state index contributed by atoms with van der Waals surface area (Å²) in [5.41, 5.74) is 4.81. The number of pyridine rings is 1. The number of hydrogen-bond donors (Lipinski definition) is 1. The van der Waals surface area contributed by atoms with Gasteiger partial charge in [-0.2, -0.15) is 0 Å². The number of benzene rings is 3. The fourth-order valence-corrected chi connectivity index (χ4v) is 4.11. The normalized spacial score (nSPS) is 11.9. The zero-order valence-corrected chi connectivity index (χ0v) is 15.2. The molecule has 0 spiro atoms. The van der Waals surface area contributed by atoms with Gasteiger partial charge in [0.2, 0.25) is 0 Å². The number of aromatic nitrogens is 2. The van der Waals surface area contributed by atoms with E-state index in [0.717, 1.165) is 49.6 Å². The van der Waals surface area contributed by atoms with Crippen LogP contribution in [-0.2, 0) is 0 Å². The number of fused-ring (bicyclic) bond motifs is 6. The third kappa shape index (κ3) is 2.04. The van der Waals surface area contributed by atoms with Gasteiger partial charge in [0.15, 0.2) is 5.58 Å². The van der Waals surface area contributed by atoms with Gasteiger partial charge >= 0.3 is 0 Å². The van der Waals surface area contributed by atoms with Crippen LogP contribution in [0.2, 0.25) is 0 Å². The average molecular weight is 362 g/mol. The second-order valence-corrected chi connectivity index (χ2v) is 7.19. The van der Waals surface area contributed by atoms with Gasteiger partial charge in [0.05, 0.1) is 17.2 Å². The van der Waals surface area contributed by atoms with E-state index in [2.05, 4.69) is 47.7 Å². The van der Waals surface area contributed by atoms with E-state index in [1.807, 2.05) is 24.3 Å². The highest BCUT2D eigenvalue weighted by atomic mass is 16.3. The molecule has 0 aliphatic carbocycles. The van der Waals surface area contributed by atoms with E-state index in [-0.39, 0.29) is 5.75 Å². The highest BCUT2D eigenvalue weighted by Gasteiger charge is 2.15. The minimum absolute atomic E-state index is 0.239. The molecule has 0 amide bonds. The number of furan rings is 1. The summed E-state index contributed by atoms with van der Waals surface area (Å²) in [6.07, 6.45) is 1.78. The molecule has 6 rings (SSSR count). The van der Waals surface area contributed by atoms with Gasteiger partial charge in [-0.05, 0) is 30.3 Å². The zero-order chi connectivity index (χ0) is 18.8. The van der Waals surface area contributed by atoms with Gasteiger partial charge in [0.1, 0.15) is 25.0 Å². The molecular weight excluding hydrogens is 347 g/mol. The van der Waals surface area contributed by atoms with Gasteiger partial charge in [-0.25, -0.2) is 4.98 Å². The van der Waals surface area contributed by atoms with Gasteiger partial charge in [0, 0.05) is 27.6 Å². The van der Waals surface area contributed by atoms with Crippen LogP contribution in [0.25, 0.3) is 49.6 Å². The maximum atomic E-state index is 10.1. The van der Waals surface area contributed by atoms with Gasteiger partial charge in [-0.3, -0.25) is 4.57 Å². The highest BCUT2D eigenvalue weighted by Crippen LogP contribution is 2.35. The second-order valence-electron chi connectivity index (χ2n) is 7.19. The summed E-state index contributed by atoms with van der Waals surface area (Å²) in [5, 5.41) is 14.5. The lowest BCUT2D eigenvalue weighted by atomic mass is 9.94. The largest absolute Gasteiger partial charge is 0.508 e. The smallest absolute Gasteiger partial charge is 0.153 e. The fourth-order valence-electron chi connectivity index (χ4n) is 4.11. The number of nitrogens with zero attached hydrogens (tertiary/aromatic N) is 2. The molecule has 5 heteroatoms. The summed E-state index contributed by atoms with van der Waals surface area (Å²) in [6, 6.07) is 22.0. The minimum Gasteiger partial charge on any atom is -0.508 e. The first-order chi connectivity index (χ1) is 13.7. The number of rotatable bonds is 1. The van der Waals surface area contributed by atoms with Crippen molar-refractivity contribution in [2.75, 3.05) is 0 Å². The lowest BCUT2D eigenvalue weighted by Crippen LogP contribution is -2.01. The maximum Gasteiger partial charge on any atom is 0.153 e. The average Bonchev–Trinajstić information content (AvgIpc) is 3.22. The Hall–Kier alpha value is -3.73. The van der Waals surface area contributed by atoms with Crippen LogP contribution in [0.15, 0.2) is 77.3 Å². The molecule has 3 aromatic heterocycles. The van der Waals surface area contributed by atoms with Crippen LogP contribution in [0.5, 0.6) is 5.75 Å². The molecule has 0 bridgehead atoms. The third-order valence-electron chi connectivity index (χ3n) is 5.38. The van der Waals surface area contributed by atoms with Crippen LogP contribution in [-0.4, -0.2) is 22.5 Å². The van der Waals surface area contributed by atoms with Crippen LogP contribution >= 0.6 is 0 Å². The van der Waals surface area contributed by atoms with Crippen molar-refractivity contribution in [3.63, 3.8) is 0 Å². The van der Waals surface area contributed by atoms with Gasteiger partial charge < -0.3 is 9.52 Å². The molecule has 1 N–H and O–H groups in total. The maximum absolute atomic E-state index is 10.1. The molecule has 3 aromatic carbocycles. The lowest BCUT2D eigenvalue weighted by Gasteiger charge is -2.07. The number of phenols is 1. The van der Waals surface area contributed by atoms with Crippen LogP contribution < -0.4 is 5.46 Å². The molecule has 0 unspecified atom stereocenters. The van der Waals surface area contributed by atoms with E-state index in [0.29, 0.717) is 0 Å². The molecule has 0 atom stereocenters. The second kappa shape index (κ2) is 5.39. The summed E-state index contributed by atoms with van der Waals surface area (Å²) in [7, 11) is 2.09. The number of hydrogen-bond acceptors (Lipinski definition) is 3. The summed E-state index contributed by atoms with van der Waals surface area (Å²) in [4.78, 5) is 4.68. The lowest BCUT2D eigenvalue weighted by molar-refractivity contribution is 0.476. The van der Waals surface area contributed by atoms with E-state index < -0.39 is 0 Å². The van der Waals surface area contributed by atoms with Crippen LogP contribution in [0.4, 0.5) is 0 Å². The molecular formula is C23H15BN2O2. The molecule has 0 saturated carbocycles. The Kier molecular flexibility index (Phi) is 2.96. The topological polar surface area (TPSA) is 51.2 Å². The number of aromatic hydroxyl groups is 1. The minimum atomic E-state index is 0.239. The SMILES string of the molecule is Bc1ccc2c(c1)c1ccc(O)cc1n2-c1cc2c(cn1)oc1ccccc12. The molecule has 0 aliphatic heterocycles. The fraction of sp³-hybridized carbons (Fsp3) is 0. The van der Waals surface area contributed by atoms with Gasteiger partial charge in [-0.15, -0.1) is 0 Å². The molecule has 0 fully saturated rings. The molecule has 0 radical (unpaired) electrons. The van der Waals surface area contributed by atoms with Gasteiger partial charge in [0.25, 0.3) is 0 Å². The van der Waals surface area contributed by atoms with Crippen molar-refractivity contribution in [1.82, 2.24) is 9.55 Å². The standard InChI is InChI=1S/C23H15BN2O2/c24-13-5-8-19-17(9-13)15-7-6-14(27)10-20(15)26(19)23-11-18-16-3-1-2-4-21(16)28-22(18)12-25-23/h1-12,27H,24H2. The van der Waals surface area contributed by atoms with Gasteiger partial charge in [-0.1, -0.05) is 35.8 Å². The van der Waals surface area contributed by atoms with Crippen molar-refractivity contribution in [3.8, 4) is 11.6 Å². The Bertz CT molecular complexity index is 1550. The summed E-state index contributed by atoms with van der Waals surface area (Å²) in [6.45, 7) is 0. The van der Waals surface area contributed by atoms with Crippen molar-refractivity contribution in [1.29, 1.82) is 0 Å². The van der Waals surface area contributed by atoms with Crippen molar-refractivity contribution in [2.24, 2.45) is 0 Å². The van der Waals surface area contributed by atoms with Crippen molar-refractivity contribution < 1.29 is 9.52 Å². The van der Waals surface area contributed by atoms with E-state index in [9.17, 15) is 5.11 Å². The third-order valence-corrected chi connectivity index (χ3v) is 5.38. The molecule has 132 valence electrons. The highest BCUT2D eigenvalue weighted by molar-refractivity contribution is 6.34. The Morgan fingerprint density at radius 1 is 0.786 bits per heavy atom. The van der Waals surface area contributed by atoms with Crippen LogP contribution in [0, 0.1) is 0 Å². The summed E-state index contributed by atoms with van der Waals surface area (Å²) < 4.78 is 8.03. The first-order valence-corrected chi connectivity index (χ1v) is 9.20. The Balaban J connectivity index is 1.76. The number of para-hydroxylation sites is 1. The molecule has 0 saturated heterocycles. The zero-order valence-electron chi connectivity index (χ0n) is 15.2. The van der Waals surface area contributed by atoms with E-state index >= 15 is 0 Å². The van der Waals surface area contributed by atoms with Crippen molar-refractivity contribution in [3.05, 3.63) is 72.9 Å². The Morgan fingerprint density at radius 2 is 1.68 bits per heavy atom. The Morgan fingerprint density at radius 3 is 2.61 bits per heavy atom. The van der Waals surface area contributed by atoms with Crippen LogP contribution in [0.3, 0.4) is 0 Å². The quantitative estimate of drug-likeness (QED) is 0.449. The van der Waals surface area contributed by atoms with E-state index in [1.165, 1.54) is 5.46 Å². The van der Waals surface area contributed by atoms with E-state index in [4.69, 9.17) is 4.42 Å². The molecule has 28 heavy (non-hydrogen) atoms. The first-order valence-electron chi connectivity index (χ1n) is 9.20. The van der Waals surface area contributed by atoms with Crippen molar-refractivity contribution in [2.45, 2.75) is 0 Å². The van der Waals surface area contributed by atoms with Crippen LogP contribution in [0.1, 0.15) is 0 Å². The summed E-state index contributed by atoms with van der Waals surface area (Å²) in [5.74, 6) is 1.04. The predicted octanol–water partition coefficient (Wildman–Crippen LogP) is 4.04. The molecule has 3 heterocycles. The number of phenolic OH excluding ortho intramolecular Hbond substituents is 1. The predicted molar refractivity (Wildman–Crippen MR) is 116 cm³/mol.